The number of hydrogen-bond acceptors (Lipinski definition) is 2. The van der Waals surface area contributed by atoms with E-state index in [1.54, 1.807) is 0 Å². The molecule has 2 N–H and O–H groups in total. The summed E-state index contributed by atoms with van der Waals surface area (Å²) in [5.41, 5.74) is 2.92. The summed E-state index contributed by atoms with van der Waals surface area (Å²) in [7, 11) is 0. The monoisotopic (exact) mass is 219 g/mol. The Bertz CT molecular complexity index is 350. The van der Waals surface area contributed by atoms with E-state index >= 15 is 0 Å². The van der Waals surface area contributed by atoms with Crippen molar-refractivity contribution in [3.8, 4) is 0 Å². The van der Waals surface area contributed by atoms with Crippen LogP contribution < -0.4 is 5.32 Å². The predicted octanol–water partition coefficient (Wildman–Crippen LogP) is 2.28. The molecule has 0 radical (unpaired) electrons. The molecule has 3 atom stereocenters. The summed E-state index contributed by atoms with van der Waals surface area (Å²) in [6.07, 6.45) is 1.99. The maximum atomic E-state index is 8.93. The van der Waals surface area contributed by atoms with Crippen molar-refractivity contribution >= 4 is 0 Å². The number of benzene rings is 1. The lowest BCUT2D eigenvalue weighted by Crippen LogP contribution is -2.33. The van der Waals surface area contributed by atoms with Crippen LogP contribution >= 0.6 is 0 Å². The van der Waals surface area contributed by atoms with E-state index in [0.29, 0.717) is 18.0 Å². The molecule has 1 aliphatic rings. The summed E-state index contributed by atoms with van der Waals surface area (Å²) in [6.45, 7) is 4.70. The van der Waals surface area contributed by atoms with Gasteiger partial charge in [-0.15, -0.1) is 0 Å². The van der Waals surface area contributed by atoms with E-state index in [1.165, 1.54) is 17.5 Å². The second kappa shape index (κ2) is 4.98. The van der Waals surface area contributed by atoms with Gasteiger partial charge in [0, 0.05) is 18.7 Å². The maximum absolute atomic E-state index is 8.93. The molecule has 0 amide bonds. The largest absolute Gasteiger partial charge is 0.396 e. The molecule has 1 aromatic carbocycles. The second-order valence-corrected chi connectivity index (χ2v) is 4.94. The van der Waals surface area contributed by atoms with Gasteiger partial charge >= 0.3 is 0 Å². The zero-order valence-electron chi connectivity index (χ0n) is 10.1. The molecular formula is C14H21NO. The van der Waals surface area contributed by atoms with E-state index in [0.717, 1.165) is 6.42 Å². The van der Waals surface area contributed by atoms with Crippen molar-refractivity contribution in [2.45, 2.75) is 38.8 Å². The van der Waals surface area contributed by atoms with Crippen LogP contribution in [0.4, 0.5) is 0 Å². The fourth-order valence-electron chi connectivity index (χ4n) is 2.63. The van der Waals surface area contributed by atoms with Gasteiger partial charge in [0.2, 0.25) is 0 Å². The highest BCUT2D eigenvalue weighted by Crippen LogP contribution is 2.35. The summed E-state index contributed by atoms with van der Waals surface area (Å²) in [5, 5.41) is 12.6. The van der Waals surface area contributed by atoms with Crippen molar-refractivity contribution in [3.63, 3.8) is 0 Å². The highest BCUT2D eigenvalue weighted by atomic mass is 16.3. The third-order valence-corrected chi connectivity index (χ3v) is 3.53. The maximum Gasteiger partial charge on any atom is 0.0445 e. The van der Waals surface area contributed by atoms with Gasteiger partial charge < -0.3 is 10.4 Å². The third-order valence-electron chi connectivity index (χ3n) is 3.53. The van der Waals surface area contributed by atoms with Crippen LogP contribution in [0.1, 0.15) is 37.4 Å². The summed E-state index contributed by atoms with van der Waals surface area (Å²) in [5.74, 6) is 0.651. The van der Waals surface area contributed by atoms with Crippen LogP contribution in [0.25, 0.3) is 0 Å². The van der Waals surface area contributed by atoms with Gasteiger partial charge in [0.25, 0.3) is 0 Å². The molecule has 0 aromatic heterocycles. The Morgan fingerprint density at radius 3 is 2.94 bits per heavy atom. The number of aliphatic hydroxyl groups is 1. The van der Waals surface area contributed by atoms with Crippen LogP contribution in [0, 0.1) is 5.92 Å². The fraction of sp³-hybridized carbons (Fsp3) is 0.571. The first-order chi connectivity index (χ1) is 7.72. The van der Waals surface area contributed by atoms with Crippen LogP contribution in [0.3, 0.4) is 0 Å². The van der Waals surface area contributed by atoms with Gasteiger partial charge in [0.05, 0.1) is 0 Å². The van der Waals surface area contributed by atoms with Crippen molar-refractivity contribution in [2.24, 2.45) is 5.92 Å². The van der Waals surface area contributed by atoms with Gasteiger partial charge in [-0.25, -0.2) is 0 Å². The lowest BCUT2D eigenvalue weighted by atomic mass is 10.0. The van der Waals surface area contributed by atoms with Crippen molar-refractivity contribution in [1.82, 2.24) is 5.32 Å². The first kappa shape index (κ1) is 11.6. The summed E-state index contributed by atoms with van der Waals surface area (Å²) >= 11 is 0. The Labute approximate surface area is 97.7 Å². The molecule has 16 heavy (non-hydrogen) atoms. The van der Waals surface area contributed by atoms with Crippen LogP contribution in [0.5, 0.6) is 0 Å². The SMILES string of the molecule is CC1Cc2ccccc2C1N[C@H](C)CCO. The Morgan fingerprint density at radius 2 is 2.19 bits per heavy atom. The Balaban J connectivity index is 2.10. The average Bonchev–Trinajstić information content (AvgIpc) is 2.56. The van der Waals surface area contributed by atoms with Crippen molar-refractivity contribution < 1.29 is 5.11 Å². The molecule has 2 rings (SSSR count). The molecule has 0 fully saturated rings. The highest BCUT2D eigenvalue weighted by Gasteiger charge is 2.29. The van der Waals surface area contributed by atoms with Crippen LogP contribution in [0.15, 0.2) is 24.3 Å². The number of nitrogens with one attached hydrogen (secondary N) is 1. The summed E-state index contributed by atoms with van der Waals surface area (Å²) in [6, 6.07) is 9.51. The normalized spacial score (nSPS) is 25.4. The highest BCUT2D eigenvalue weighted by molar-refractivity contribution is 5.35. The summed E-state index contributed by atoms with van der Waals surface area (Å²) in [4.78, 5) is 0. The van der Waals surface area contributed by atoms with Crippen LogP contribution in [-0.4, -0.2) is 17.8 Å². The van der Waals surface area contributed by atoms with Gasteiger partial charge in [-0.3, -0.25) is 0 Å². The second-order valence-electron chi connectivity index (χ2n) is 4.94. The molecule has 0 saturated carbocycles. The summed E-state index contributed by atoms with van der Waals surface area (Å²) < 4.78 is 0. The molecule has 2 nitrogen and oxygen atoms in total. The molecule has 0 bridgehead atoms. The molecule has 88 valence electrons. The molecule has 1 aliphatic carbocycles. The number of aliphatic hydroxyl groups excluding tert-OH is 1. The minimum atomic E-state index is 0.261. The first-order valence-corrected chi connectivity index (χ1v) is 6.17. The molecule has 0 spiro atoms. The van der Waals surface area contributed by atoms with E-state index in [4.69, 9.17) is 5.11 Å². The van der Waals surface area contributed by atoms with E-state index in [-0.39, 0.29) is 6.61 Å². The standard InChI is InChI=1S/C14H21NO/c1-10-9-12-5-3-4-6-13(12)14(10)15-11(2)7-8-16/h3-6,10-11,14-16H,7-9H2,1-2H3/t10?,11-,14?/m1/s1. The predicted molar refractivity (Wildman–Crippen MR) is 66.4 cm³/mol. The van der Waals surface area contributed by atoms with Crippen LogP contribution in [-0.2, 0) is 6.42 Å². The van der Waals surface area contributed by atoms with Crippen molar-refractivity contribution in [3.05, 3.63) is 35.4 Å². The zero-order chi connectivity index (χ0) is 11.5. The molecule has 0 aliphatic heterocycles. The average molecular weight is 219 g/mol. The molecule has 2 heteroatoms. The quantitative estimate of drug-likeness (QED) is 0.814. The zero-order valence-corrected chi connectivity index (χ0v) is 10.1. The third kappa shape index (κ3) is 2.28. The Kier molecular flexibility index (Phi) is 3.62. The molecular weight excluding hydrogens is 198 g/mol. The smallest absolute Gasteiger partial charge is 0.0445 e. The lowest BCUT2D eigenvalue weighted by Gasteiger charge is -2.23. The van der Waals surface area contributed by atoms with E-state index in [2.05, 4.69) is 43.4 Å². The van der Waals surface area contributed by atoms with Gasteiger partial charge in [-0.05, 0) is 36.8 Å². The fourth-order valence-corrected chi connectivity index (χ4v) is 2.63. The number of hydrogen-bond donors (Lipinski definition) is 2. The van der Waals surface area contributed by atoms with Gasteiger partial charge in [-0.1, -0.05) is 31.2 Å². The topological polar surface area (TPSA) is 32.3 Å². The van der Waals surface area contributed by atoms with Gasteiger partial charge in [0.1, 0.15) is 0 Å². The Morgan fingerprint density at radius 1 is 1.44 bits per heavy atom. The van der Waals surface area contributed by atoms with Crippen molar-refractivity contribution in [2.75, 3.05) is 6.61 Å². The Hall–Kier alpha value is -0.860. The molecule has 1 aromatic rings. The van der Waals surface area contributed by atoms with E-state index in [9.17, 15) is 0 Å². The lowest BCUT2D eigenvalue weighted by molar-refractivity contribution is 0.256. The van der Waals surface area contributed by atoms with E-state index in [1.807, 2.05) is 0 Å². The van der Waals surface area contributed by atoms with Gasteiger partial charge in [-0.2, -0.15) is 0 Å². The molecule has 0 saturated heterocycles. The van der Waals surface area contributed by atoms with Crippen LogP contribution in [0.2, 0.25) is 0 Å². The van der Waals surface area contributed by atoms with E-state index < -0.39 is 0 Å². The number of rotatable bonds is 4. The number of fused-ring (bicyclic) bond motifs is 1. The minimum Gasteiger partial charge on any atom is -0.396 e. The van der Waals surface area contributed by atoms with Crippen molar-refractivity contribution in [1.29, 1.82) is 0 Å². The van der Waals surface area contributed by atoms with Gasteiger partial charge in [0.15, 0.2) is 0 Å². The molecule has 0 heterocycles. The first-order valence-electron chi connectivity index (χ1n) is 6.17. The molecule has 2 unspecified atom stereocenters. The minimum absolute atomic E-state index is 0.261.